The second-order valence-corrected chi connectivity index (χ2v) is 11.2. The molecule has 1 saturated heterocycles. The maximum Gasteiger partial charge on any atom is 0.228 e. The summed E-state index contributed by atoms with van der Waals surface area (Å²) in [7, 11) is 0. The second kappa shape index (κ2) is 15.4. The van der Waals surface area contributed by atoms with Crippen molar-refractivity contribution in [3.05, 3.63) is 12.3 Å². The van der Waals surface area contributed by atoms with Gasteiger partial charge in [0.15, 0.2) is 0 Å². The van der Waals surface area contributed by atoms with E-state index in [0.29, 0.717) is 18.3 Å². The Labute approximate surface area is 220 Å². The second-order valence-electron chi connectivity index (χ2n) is 11.2. The van der Waals surface area contributed by atoms with Crippen LogP contribution >= 0.6 is 0 Å². The van der Waals surface area contributed by atoms with Crippen molar-refractivity contribution in [3.8, 4) is 6.07 Å². The first-order valence-corrected chi connectivity index (χ1v) is 14.4. The Morgan fingerprint density at radius 1 is 1.22 bits per heavy atom. The molecule has 36 heavy (non-hydrogen) atoms. The van der Waals surface area contributed by atoms with Gasteiger partial charge in [0.25, 0.3) is 0 Å². The zero-order valence-electron chi connectivity index (χ0n) is 23.3. The monoisotopic (exact) mass is 500 g/mol. The van der Waals surface area contributed by atoms with Crippen molar-refractivity contribution in [2.45, 2.75) is 117 Å². The van der Waals surface area contributed by atoms with Gasteiger partial charge in [-0.1, -0.05) is 59.5 Å². The summed E-state index contributed by atoms with van der Waals surface area (Å²) in [5.74, 6) is 0.387. The highest BCUT2D eigenvalue weighted by atomic mass is 16.2. The van der Waals surface area contributed by atoms with Crippen LogP contribution < -0.4 is 16.8 Å². The summed E-state index contributed by atoms with van der Waals surface area (Å²) in [6, 6.07) is 2.11. The molecule has 1 amide bonds. The Morgan fingerprint density at radius 3 is 2.58 bits per heavy atom. The van der Waals surface area contributed by atoms with E-state index in [1.54, 1.807) is 0 Å². The first-order chi connectivity index (χ1) is 17.2. The van der Waals surface area contributed by atoms with Gasteiger partial charge in [0, 0.05) is 37.0 Å². The third-order valence-corrected chi connectivity index (χ3v) is 8.41. The number of hydrogen-bond acceptors (Lipinski definition) is 6. The Kier molecular flexibility index (Phi) is 12.9. The number of aliphatic imine (C=N–C) groups is 1. The fourth-order valence-electron chi connectivity index (χ4n) is 6.16. The lowest BCUT2D eigenvalue weighted by molar-refractivity contribution is -0.128. The van der Waals surface area contributed by atoms with Gasteiger partial charge in [-0.2, -0.15) is 5.26 Å². The van der Waals surface area contributed by atoms with Gasteiger partial charge in [0.05, 0.1) is 24.2 Å². The molecule has 6 atom stereocenters. The summed E-state index contributed by atoms with van der Waals surface area (Å²) in [5, 5.41) is 12.7. The predicted molar refractivity (Wildman–Crippen MR) is 149 cm³/mol. The molecular formula is C29H52N6O. The van der Waals surface area contributed by atoms with E-state index in [0.717, 1.165) is 63.0 Å². The van der Waals surface area contributed by atoms with Crippen LogP contribution in [0.2, 0.25) is 0 Å². The standard InChI is InChI=1S/C29H52N6O/c1-6-8-9-10-11-13-25-27(20(3)15-17-33-25)34-29(36)26(28(31)32)22(5)35-19-24(14-16-30)23(12-7-2)18-21(35)4/h20,22-24,26-28H,4,6-15,17-19,31-32H2,1-3,5H3,(H,34,36). The molecular weight excluding hydrogens is 448 g/mol. The smallest absolute Gasteiger partial charge is 0.228 e. The minimum absolute atomic E-state index is 0.0595. The first kappa shape index (κ1) is 30.3. The van der Waals surface area contributed by atoms with Crippen molar-refractivity contribution in [1.82, 2.24) is 10.2 Å². The van der Waals surface area contributed by atoms with Crippen LogP contribution in [0.1, 0.15) is 98.3 Å². The van der Waals surface area contributed by atoms with Crippen LogP contribution in [-0.4, -0.2) is 47.9 Å². The van der Waals surface area contributed by atoms with E-state index >= 15 is 0 Å². The number of nitrogens with zero attached hydrogens (tertiary/aromatic N) is 3. The molecule has 1 fully saturated rings. The molecule has 0 aromatic carbocycles. The van der Waals surface area contributed by atoms with Crippen LogP contribution in [0.3, 0.4) is 0 Å². The number of hydrogen-bond donors (Lipinski definition) is 3. The van der Waals surface area contributed by atoms with E-state index in [4.69, 9.17) is 16.5 Å². The number of piperidine rings is 1. The fraction of sp³-hybridized carbons (Fsp3) is 0.828. The van der Waals surface area contributed by atoms with Crippen molar-refractivity contribution in [2.75, 3.05) is 13.1 Å². The fourth-order valence-corrected chi connectivity index (χ4v) is 6.16. The lowest BCUT2D eigenvalue weighted by Crippen LogP contribution is -2.60. The maximum absolute atomic E-state index is 13.7. The maximum atomic E-state index is 13.7. The molecule has 2 aliphatic heterocycles. The highest BCUT2D eigenvalue weighted by molar-refractivity contribution is 5.94. The third-order valence-electron chi connectivity index (χ3n) is 8.41. The van der Waals surface area contributed by atoms with Gasteiger partial charge in [-0.05, 0) is 56.8 Å². The number of carbonyl (C=O) groups is 1. The molecule has 204 valence electrons. The van der Waals surface area contributed by atoms with Gasteiger partial charge >= 0.3 is 0 Å². The predicted octanol–water partition coefficient (Wildman–Crippen LogP) is 4.73. The van der Waals surface area contributed by atoms with Gasteiger partial charge in [-0.25, -0.2) is 0 Å². The number of likely N-dealkylation sites (tertiary alicyclic amines) is 1. The molecule has 2 aliphatic rings. The van der Waals surface area contributed by atoms with Crippen LogP contribution in [0.15, 0.2) is 17.3 Å². The molecule has 0 aliphatic carbocycles. The van der Waals surface area contributed by atoms with Crippen LogP contribution in [0.5, 0.6) is 0 Å². The zero-order chi connectivity index (χ0) is 26.7. The third kappa shape index (κ3) is 8.31. The first-order valence-electron chi connectivity index (χ1n) is 14.4. The number of rotatable bonds is 14. The molecule has 6 unspecified atom stereocenters. The molecule has 7 heteroatoms. The average Bonchev–Trinajstić information content (AvgIpc) is 2.82. The minimum atomic E-state index is -0.788. The lowest BCUT2D eigenvalue weighted by atomic mass is 9.78. The Hall–Kier alpha value is -1.91. The summed E-state index contributed by atoms with van der Waals surface area (Å²) in [4.78, 5) is 20.7. The number of allylic oxidation sites excluding steroid dienone is 1. The summed E-state index contributed by atoms with van der Waals surface area (Å²) in [6.45, 7) is 14.5. The van der Waals surface area contributed by atoms with E-state index in [2.05, 4.69) is 43.6 Å². The number of nitrogens with one attached hydrogen (secondary N) is 1. The van der Waals surface area contributed by atoms with E-state index in [1.807, 2.05) is 6.92 Å². The van der Waals surface area contributed by atoms with Crippen LogP contribution in [0, 0.1) is 35.0 Å². The average molecular weight is 501 g/mol. The van der Waals surface area contributed by atoms with E-state index in [1.165, 1.54) is 25.7 Å². The quantitative estimate of drug-likeness (QED) is 0.235. The Morgan fingerprint density at radius 2 is 1.94 bits per heavy atom. The van der Waals surface area contributed by atoms with Gasteiger partial charge in [0.2, 0.25) is 5.91 Å². The number of carbonyl (C=O) groups excluding carboxylic acids is 1. The number of nitrogens with two attached hydrogens (primary N) is 2. The van der Waals surface area contributed by atoms with Crippen LogP contribution in [0.4, 0.5) is 0 Å². The van der Waals surface area contributed by atoms with Crippen molar-refractivity contribution in [1.29, 1.82) is 5.26 Å². The zero-order valence-corrected chi connectivity index (χ0v) is 23.3. The largest absolute Gasteiger partial charge is 0.371 e. The van der Waals surface area contributed by atoms with Crippen molar-refractivity contribution in [2.24, 2.45) is 40.1 Å². The number of nitriles is 1. The molecule has 5 N–H and O–H groups in total. The molecule has 0 saturated carbocycles. The van der Waals surface area contributed by atoms with Gasteiger partial charge in [-0.15, -0.1) is 0 Å². The minimum Gasteiger partial charge on any atom is -0.371 e. The highest BCUT2D eigenvalue weighted by Gasteiger charge is 2.40. The summed E-state index contributed by atoms with van der Waals surface area (Å²) in [5.41, 5.74) is 14.6. The van der Waals surface area contributed by atoms with Crippen molar-refractivity contribution < 1.29 is 4.79 Å². The topological polar surface area (TPSA) is 121 Å². The van der Waals surface area contributed by atoms with E-state index < -0.39 is 12.1 Å². The van der Waals surface area contributed by atoms with Crippen molar-refractivity contribution in [3.63, 3.8) is 0 Å². The molecule has 0 spiro atoms. The molecule has 2 heterocycles. The summed E-state index contributed by atoms with van der Waals surface area (Å²) >= 11 is 0. The molecule has 2 rings (SSSR count). The molecule has 0 aromatic rings. The SMILES string of the molecule is C=C1CC(CCC)C(CC#N)CN1C(C)C(C(=O)NC1C(CCCCCCC)=NCCC1C)C(N)N. The number of amides is 1. The van der Waals surface area contributed by atoms with E-state index in [9.17, 15) is 10.1 Å². The van der Waals surface area contributed by atoms with E-state index in [-0.39, 0.29) is 23.9 Å². The molecule has 0 aromatic heterocycles. The molecule has 0 radical (unpaired) electrons. The van der Waals surface area contributed by atoms with Crippen LogP contribution in [0.25, 0.3) is 0 Å². The van der Waals surface area contributed by atoms with Gasteiger partial charge in [-0.3, -0.25) is 9.79 Å². The molecule has 7 nitrogen and oxygen atoms in total. The summed E-state index contributed by atoms with van der Waals surface area (Å²) < 4.78 is 0. The van der Waals surface area contributed by atoms with Gasteiger partial charge < -0.3 is 21.7 Å². The molecule has 0 bridgehead atoms. The number of unbranched alkanes of at least 4 members (excludes halogenated alkanes) is 4. The summed E-state index contributed by atoms with van der Waals surface area (Å²) in [6.07, 6.45) is 10.7. The Balaban J connectivity index is 2.12. The van der Waals surface area contributed by atoms with Crippen LogP contribution in [-0.2, 0) is 4.79 Å². The Bertz CT molecular complexity index is 772. The lowest BCUT2D eigenvalue weighted by Gasteiger charge is -2.46. The normalized spacial score (nSPS) is 26.3. The van der Waals surface area contributed by atoms with Crippen molar-refractivity contribution >= 4 is 11.6 Å². The highest BCUT2D eigenvalue weighted by Crippen LogP contribution is 2.37. The van der Waals surface area contributed by atoms with Gasteiger partial charge in [0.1, 0.15) is 0 Å².